The molecule has 1 heterocycles. The Kier molecular flexibility index (Phi) is 2.93. The van der Waals surface area contributed by atoms with Gasteiger partial charge in [0.1, 0.15) is 10.3 Å². The van der Waals surface area contributed by atoms with Gasteiger partial charge in [0.25, 0.3) is 0 Å². The first-order chi connectivity index (χ1) is 10.3. The van der Waals surface area contributed by atoms with Gasteiger partial charge in [0.05, 0.1) is 0 Å². The van der Waals surface area contributed by atoms with E-state index in [-0.39, 0.29) is 0 Å². The van der Waals surface area contributed by atoms with E-state index in [1.54, 1.807) is 0 Å². The standard InChI is InChI=1S/C18H11BrN2/c19-18-16-11-14-9-5-4-8-13(14)10-15(16)17(20-21-18)12-6-2-1-3-7-12/h1-11H. The second-order valence-corrected chi connectivity index (χ2v) is 5.70. The second kappa shape index (κ2) is 4.93. The number of hydrogen-bond donors (Lipinski definition) is 0. The lowest BCUT2D eigenvalue weighted by molar-refractivity contribution is 1.03. The molecular formula is C18H11BrN2. The molecule has 21 heavy (non-hydrogen) atoms. The van der Waals surface area contributed by atoms with Crippen LogP contribution in [0, 0.1) is 0 Å². The molecule has 0 radical (unpaired) electrons. The third kappa shape index (κ3) is 2.10. The number of hydrogen-bond acceptors (Lipinski definition) is 2. The van der Waals surface area contributed by atoms with Crippen LogP contribution in [-0.4, -0.2) is 10.2 Å². The Hall–Kier alpha value is -2.26. The summed E-state index contributed by atoms with van der Waals surface area (Å²) in [5.41, 5.74) is 2.00. The Bertz CT molecular complexity index is 949. The van der Waals surface area contributed by atoms with Gasteiger partial charge in [0.15, 0.2) is 0 Å². The molecule has 3 aromatic carbocycles. The molecule has 0 amide bonds. The Balaban J connectivity index is 2.13. The molecule has 0 spiro atoms. The average Bonchev–Trinajstić information content (AvgIpc) is 2.55. The zero-order chi connectivity index (χ0) is 14.2. The fourth-order valence-electron chi connectivity index (χ4n) is 2.62. The van der Waals surface area contributed by atoms with Gasteiger partial charge in [-0.3, -0.25) is 0 Å². The Labute approximate surface area is 130 Å². The summed E-state index contributed by atoms with van der Waals surface area (Å²) in [4.78, 5) is 0. The van der Waals surface area contributed by atoms with E-state index < -0.39 is 0 Å². The number of rotatable bonds is 1. The van der Waals surface area contributed by atoms with Crippen LogP contribution in [0.25, 0.3) is 32.8 Å². The lowest BCUT2D eigenvalue weighted by Crippen LogP contribution is -1.92. The number of nitrogens with zero attached hydrogens (tertiary/aromatic N) is 2. The Morgan fingerprint density at radius 3 is 2.00 bits per heavy atom. The minimum atomic E-state index is 0.780. The van der Waals surface area contributed by atoms with E-state index in [1.807, 2.05) is 18.2 Å². The van der Waals surface area contributed by atoms with Crippen LogP contribution in [0.3, 0.4) is 0 Å². The van der Waals surface area contributed by atoms with E-state index in [0.29, 0.717) is 0 Å². The van der Waals surface area contributed by atoms with Crippen molar-refractivity contribution >= 4 is 37.5 Å². The summed E-state index contributed by atoms with van der Waals surface area (Å²) in [6.45, 7) is 0. The van der Waals surface area contributed by atoms with Gasteiger partial charge in [-0.1, -0.05) is 54.6 Å². The number of benzene rings is 3. The normalized spacial score (nSPS) is 11.1. The molecule has 0 aliphatic rings. The van der Waals surface area contributed by atoms with Crippen molar-refractivity contribution in [2.24, 2.45) is 0 Å². The van der Waals surface area contributed by atoms with E-state index in [1.165, 1.54) is 10.8 Å². The third-order valence-electron chi connectivity index (χ3n) is 3.65. The van der Waals surface area contributed by atoms with Crippen molar-refractivity contribution in [1.29, 1.82) is 0 Å². The monoisotopic (exact) mass is 334 g/mol. The summed E-state index contributed by atoms with van der Waals surface area (Å²) in [7, 11) is 0. The summed E-state index contributed by atoms with van der Waals surface area (Å²) < 4.78 is 0.780. The topological polar surface area (TPSA) is 25.8 Å². The van der Waals surface area contributed by atoms with E-state index >= 15 is 0 Å². The van der Waals surface area contributed by atoms with Crippen molar-refractivity contribution in [1.82, 2.24) is 10.2 Å². The van der Waals surface area contributed by atoms with Crippen LogP contribution in [0.5, 0.6) is 0 Å². The van der Waals surface area contributed by atoms with Crippen molar-refractivity contribution in [2.75, 3.05) is 0 Å². The highest BCUT2D eigenvalue weighted by Gasteiger charge is 2.10. The van der Waals surface area contributed by atoms with Gasteiger partial charge in [-0.05, 0) is 38.8 Å². The maximum atomic E-state index is 4.39. The van der Waals surface area contributed by atoms with Crippen LogP contribution < -0.4 is 0 Å². The number of fused-ring (bicyclic) bond motifs is 2. The maximum Gasteiger partial charge on any atom is 0.136 e. The first-order valence-corrected chi connectivity index (χ1v) is 7.52. The SMILES string of the molecule is Brc1nnc(-c2ccccc2)c2cc3ccccc3cc12. The predicted molar refractivity (Wildman–Crippen MR) is 90.2 cm³/mol. The van der Waals surface area contributed by atoms with Crippen molar-refractivity contribution in [3.8, 4) is 11.3 Å². The van der Waals surface area contributed by atoms with Gasteiger partial charge in [0.2, 0.25) is 0 Å². The first kappa shape index (κ1) is 12.5. The highest BCUT2D eigenvalue weighted by atomic mass is 79.9. The molecular weight excluding hydrogens is 324 g/mol. The molecule has 0 bridgehead atoms. The second-order valence-electron chi connectivity index (χ2n) is 4.95. The first-order valence-electron chi connectivity index (χ1n) is 6.73. The van der Waals surface area contributed by atoms with Crippen LogP contribution in [0.15, 0.2) is 71.3 Å². The zero-order valence-corrected chi connectivity index (χ0v) is 12.7. The lowest BCUT2D eigenvalue weighted by atomic mass is 10.0. The van der Waals surface area contributed by atoms with E-state index in [2.05, 4.69) is 74.7 Å². The summed E-state index contributed by atoms with van der Waals surface area (Å²) in [6.07, 6.45) is 0. The quantitative estimate of drug-likeness (QED) is 0.446. The molecule has 0 N–H and O–H groups in total. The molecule has 4 aromatic rings. The van der Waals surface area contributed by atoms with Crippen LogP contribution >= 0.6 is 15.9 Å². The maximum absolute atomic E-state index is 4.39. The lowest BCUT2D eigenvalue weighted by Gasteiger charge is -2.08. The van der Waals surface area contributed by atoms with Gasteiger partial charge in [-0.15, -0.1) is 10.2 Å². The van der Waals surface area contributed by atoms with Crippen LogP contribution in [0.2, 0.25) is 0 Å². The number of aromatic nitrogens is 2. The van der Waals surface area contributed by atoms with Crippen molar-refractivity contribution in [3.05, 3.63) is 71.3 Å². The zero-order valence-electron chi connectivity index (χ0n) is 11.1. The molecule has 0 aliphatic heterocycles. The number of halogens is 1. The Morgan fingerprint density at radius 1 is 0.667 bits per heavy atom. The fraction of sp³-hybridized carbons (Fsp3) is 0. The van der Waals surface area contributed by atoms with Crippen LogP contribution in [0.1, 0.15) is 0 Å². The summed E-state index contributed by atoms with van der Waals surface area (Å²) in [5.74, 6) is 0. The van der Waals surface area contributed by atoms with Gasteiger partial charge >= 0.3 is 0 Å². The average molecular weight is 335 g/mol. The van der Waals surface area contributed by atoms with Gasteiger partial charge < -0.3 is 0 Å². The smallest absolute Gasteiger partial charge is 0.136 e. The molecule has 3 heteroatoms. The molecule has 1 aromatic heterocycles. The molecule has 0 aliphatic carbocycles. The van der Waals surface area contributed by atoms with Gasteiger partial charge in [0, 0.05) is 16.3 Å². The largest absolute Gasteiger partial charge is 0.149 e. The molecule has 0 fully saturated rings. The third-order valence-corrected chi connectivity index (χ3v) is 4.23. The molecule has 2 nitrogen and oxygen atoms in total. The minimum Gasteiger partial charge on any atom is -0.149 e. The summed E-state index contributed by atoms with van der Waals surface area (Å²) in [6, 6.07) is 22.9. The molecule has 100 valence electrons. The van der Waals surface area contributed by atoms with Crippen molar-refractivity contribution in [2.45, 2.75) is 0 Å². The molecule has 0 unspecified atom stereocenters. The highest BCUT2D eigenvalue weighted by Crippen LogP contribution is 2.32. The van der Waals surface area contributed by atoms with Crippen LogP contribution in [0.4, 0.5) is 0 Å². The van der Waals surface area contributed by atoms with Gasteiger partial charge in [-0.25, -0.2) is 0 Å². The molecule has 0 saturated heterocycles. The van der Waals surface area contributed by atoms with E-state index in [4.69, 9.17) is 0 Å². The fourth-order valence-corrected chi connectivity index (χ4v) is 3.03. The molecule has 4 rings (SSSR count). The minimum absolute atomic E-state index is 0.780. The van der Waals surface area contributed by atoms with E-state index in [9.17, 15) is 0 Å². The molecule has 0 saturated carbocycles. The molecule has 0 atom stereocenters. The predicted octanol–water partition coefficient (Wildman–Crippen LogP) is 5.21. The Morgan fingerprint density at radius 2 is 1.29 bits per heavy atom. The summed E-state index contributed by atoms with van der Waals surface area (Å²) in [5, 5.41) is 13.3. The van der Waals surface area contributed by atoms with E-state index in [0.717, 1.165) is 26.6 Å². The van der Waals surface area contributed by atoms with Crippen LogP contribution in [-0.2, 0) is 0 Å². The van der Waals surface area contributed by atoms with Crippen molar-refractivity contribution < 1.29 is 0 Å². The van der Waals surface area contributed by atoms with Gasteiger partial charge in [-0.2, -0.15) is 0 Å². The van der Waals surface area contributed by atoms with Crippen molar-refractivity contribution in [3.63, 3.8) is 0 Å². The summed E-state index contributed by atoms with van der Waals surface area (Å²) >= 11 is 3.52. The highest BCUT2D eigenvalue weighted by molar-refractivity contribution is 9.10.